The Morgan fingerprint density at radius 3 is 2.82 bits per heavy atom. The first-order valence-electron chi connectivity index (χ1n) is 7.71. The predicted octanol–water partition coefficient (Wildman–Crippen LogP) is 3.37. The molecule has 0 saturated carbocycles. The number of hydrogen-bond acceptors (Lipinski definition) is 4. The molecule has 0 aliphatic carbocycles. The van der Waals surface area contributed by atoms with Gasteiger partial charge in [0.2, 0.25) is 0 Å². The molecule has 2 aromatic rings. The van der Waals surface area contributed by atoms with Crippen LogP contribution in [0.2, 0.25) is 0 Å². The van der Waals surface area contributed by atoms with Crippen LogP contribution in [0.4, 0.5) is 0 Å². The molecule has 120 valence electrons. The summed E-state index contributed by atoms with van der Waals surface area (Å²) in [7, 11) is 0. The van der Waals surface area contributed by atoms with Gasteiger partial charge in [-0.25, -0.2) is 9.98 Å². The number of aliphatic imine (C=N–C) groups is 1. The van der Waals surface area contributed by atoms with E-state index in [9.17, 15) is 0 Å². The molecule has 2 aromatic heterocycles. The molecule has 6 heteroatoms. The molecule has 2 heterocycles. The first-order valence-corrected chi connectivity index (χ1v) is 9.47. The summed E-state index contributed by atoms with van der Waals surface area (Å²) in [6, 6.07) is 2.11. The van der Waals surface area contributed by atoms with Crippen LogP contribution in [0.3, 0.4) is 0 Å². The first kappa shape index (κ1) is 17.0. The second-order valence-corrected chi connectivity index (χ2v) is 7.04. The van der Waals surface area contributed by atoms with E-state index in [1.54, 1.807) is 22.7 Å². The summed E-state index contributed by atoms with van der Waals surface area (Å²) >= 11 is 3.51. The quantitative estimate of drug-likeness (QED) is 0.602. The van der Waals surface area contributed by atoms with E-state index in [0.29, 0.717) is 0 Å². The minimum absolute atomic E-state index is 0.717. The van der Waals surface area contributed by atoms with Gasteiger partial charge >= 0.3 is 0 Å². The molecule has 0 fully saturated rings. The molecule has 0 aliphatic rings. The highest BCUT2D eigenvalue weighted by Gasteiger charge is 2.06. The molecule has 2 rings (SSSR count). The van der Waals surface area contributed by atoms with E-state index < -0.39 is 0 Å². The lowest BCUT2D eigenvalue weighted by Gasteiger charge is -2.10. The van der Waals surface area contributed by atoms with Crippen molar-refractivity contribution in [2.75, 3.05) is 13.1 Å². The largest absolute Gasteiger partial charge is 0.357 e. The van der Waals surface area contributed by atoms with E-state index in [2.05, 4.69) is 58.2 Å². The van der Waals surface area contributed by atoms with Crippen molar-refractivity contribution < 1.29 is 0 Å². The van der Waals surface area contributed by atoms with Gasteiger partial charge in [0, 0.05) is 24.4 Å². The minimum Gasteiger partial charge on any atom is -0.357 e. The molecule has 0 aromatic carbocycles. The highest BCUT2D eigenvalue weighted by molar-refractivity contribution is 7.11. The van der Waals surface area contributed by atoms with Crippen LogP contribution in [0.15, 0.2) is 21.8 Å². The number of guanidine groups is 1. The van der Waals surface area contributed by atoms with Crippen LogP contribution in [-0.4, -0.2) is 24.0 Å². The number of hydrogen-bond donors (Lipinski definition) is 2. The van der Waals surface area contributed by atoms with Crippen molar-refractivity contribution in [3.8, 4) is 0 Å². The van der Waals surface area contributed by atoms with Gasteiger partial charge in [0.05, 0.1) is 17.2 Å². The van der Waals surface area contributed by atoms with E-state index in [-0.39, 0.29) is 0 Å². The van der Waals surface area contributed by atoms with Crippen molar-refractivity contribution in [1.82, 2.24) is 15.6 Å². The third kappa shape index (κ3) is 5.10. The normalized spacial score (nSPS) is 11.7. The fraction of sp³-hybridized carbons (Fsp3) is 0.500. The van der Waals surface area contributed by atoms with Gasteiger partial charge in [0.1, 0.15) is 0 Å². The molecule has 0 bridgehead atoms. The highest BCUT2D eigenvalue weighted by Crippen LogP contribution is 2.17. The number of aryl methyl sites for hydroxylation is 2. The van der Waals surface area contributed by atoms with Gasteiger partial charge in [-0.15, -0.1) is 11.3 Å². The van der Waals surface area contributed by atoms with Gasteiger partial charge in [-0.05, 0) is 42.7 Å². The monoisotopic (exact) mass is 336 g/mol. The maximum Gasteiger partial charge on any atom is 0.191 e. The predicted molar refractivity (Wildman–Crippen MR) is 97.1 cm³/mol. The zero-order valence-electron chi connectivity index (χ0n) is 13.5. The summed E-state index contributed by atoms with van der Waals surface area (Å²) in [6.45, 7) is 8.83. The molecule has 22 heavy (non-hydrogen) atoms. The molecule has 0 aliphatic heterocycles. The standard InChI is InChI=1S/C16H24N4S2/c1-4-14-12(3)22-15(20-14)6-8-18-16(17-5-2)19-10-13-7-9-21-11-13/h7,9,11H,4-6,8,10H2,1-3H3,(H2,17,18,19). The zero-order valence-corrected chi connectivity index (χ0v) is 15.1. The highest BCUT2D eigenvalue weighted by atomic mass is 32.1. The maximum absolute atomic E-state index is 4.68. The van der Waals surface area contributed by atoms with Crippen LogP contribution in [0.25, 0.3) is 0 Å². The summed E-state index contributed by atoms with van der Waals surface area (Å²) in [5.74, 6) is 0.873. The molecule has 2 N–H and O–H groups in total. The molecule has 0 atom stereocenters. The average molecular weight is 337 g/mol. The summed E-state index contributed by atoms with van der Waals surface area (Å²) in [4.78, 5) is 10.6. The van der Waals surface area contributed by atoms with Crippen molar-refractivity contribution in [3.05, 3.63) is 38.0 Å². The van der Waals surface area contributed by atoms with Crippen LogP contribution in [0, 0.1) is 6.92 Å². The molecular weight excluding hydrogens is 312 g/mol. The second-order valence-electron chi connectivity index (χ2n) is 4.97. The lowest BCUT2D eigenvalue weighted by Crippen LogP contribution is -2.38. The van der Waals surface area contributed by atoms with Gasteiger partial charge in [0.15, 0.2) is 5.96 Å². The van der Waals surface area contributed by atoms with Crippen LogP contribution in [0.5, 0.6) is 0 Å². The second kappa shape index (κ2) is 8.90. The van der Waals surface area contributed by atoms with Crippen molar-refractivity contribution in [3.63, 3.8) is 0 Å². The zero-order chi connectivity index (χ0) is 15.8. The number of thiophene rings is 1. The van der Waals surface area contributed by atoms with E-state index in [1.165, 1.54) is 21.1 Å². The third-order valence-corrected chi connectivity index (χ3v) is 5.05. The molecule has 0 radical (unpaired) electrons. The Morgan fingerprint density at radius 2 is 2.18 bits per heavy atom. The summed E-state index contributed by atoms with van der Waals surface area (Å²) in [6.07, 6.45) is 1.95. The molecule has 0 saturated heterocycles. The SMILES string of the molecule is CCNC(=NCc1ccsc1)NCCc1nc(CC)c(C)s1. The topological polar surface area (TPSA) is 49.3 Å². The number of nitrogens with one attached hydrogen (secondary N) is 2. The Hall–Kier alpha value is -1.40. The average Bonchev–Trinajstić information content (AvgIpc) is 3.14. The Labute approximate surface area is 140 Å². The number of rotatable bonds is 7. The van der Waals surface area contributed by atoms with Gasteiger partial charge in [-0.2, -0.15) is 11.3 Å². The maximum atomic E-state index is 4.68. The molecule has 0 spiro atoms. The lowest BCUT2D eigenvalue weighted by molar-refractivity contribution is 0.794. The van der Waals surface area contributed by atoms with Gasteiger partial charge < -0.3 is 10.6 Å². The van der Waals surface area contributed by atoms with Crippen LogP contribution in [0.1, 0.15) is 35.0 Å². The van der Waals surface area contributed by atoms with Crippen molar-refractivity contribution in [1.29, 1.82) is 0 Å². The van der Waals surface area contributed by atoms with E-state index in [0.717, 1.165) is 38.4 Å². The molecule has 0 unspecified atom stereocenters. The van der Waals surface area contributed by atoms with Gasteiger partial charge in [-0.3, -0.25) is 0 Å². The van der Waals surface area contributed by atoms with Crippen LogP contribution in [-0.2, 0) is 19.4 Å². The molecular formula is C16H24N4S2. The van der Waals surface area contributed by atoms with Crippen molar-refractivity contribution >= 4 is 28.6 Å². The Bertz CT molecular complexity index is 587. The number of thiazole rings is 1. The fourth-order valence-electron chi connectivity index (χ4n) is 2.11. The van der Waals surface area contributed by atoms with Gasteiger partial charge in [-0.1, -0.05) is 6.92 Å². The van der Waals surface area contributed by atoms with Crippen molar-refractivity contribution in [2.45, 2.75) is 40.2 Å². The smallest absolute Gasteiger partial charge is 0.191 e. The fourth-order valence-corrected chi connectivity index (χ4v) is 3.79. The third-order valence-electron chi connectivity index (χ3n) is 3.25. The minimum atomic E-state index is 0.717. The lowest BCUT2D eigenvalue weighted by atomic mass is 10.3. The van der Waals surface area contributed by atoms with Crippen LogP contribution >= 0.6 is 22.7 Å². The molecule has 0 amide bonds. The summed E-state index contributed by atoms with van der Waals surface area (Å²) in [5.41, 5.74) is 2.49. The van der Waals surface area contributed by atoms with Crippen LogP contribution < -0.4 is 10.6 Å². The summed E-state index contributed by atoms with van der Waals surface area (Å²) in [5, 5.41) is 12.1. The number of aromatic nitrogens is 1. The Kier molecular flexibility index (Phi) is 6.86. The van der Waals surface area contributed by atoms with Crippen molar-refractivity contribution in [2.24, 2.45) is 4.99 Å². The van der Waals surface area contributed by atoms with Gasteiger partial charge in [0.25, 0.3) is 0 Å². The first-order chi connectivity index (χ1) is 10.7. The Balaban J connectivity index is 1.84. The van der Waals surface area contributed by atoms with E-state index in [1.807, 2.05) is 0 Å². The Morgan fingerprint density at radius 1 is 1.32 bits per heavy atom. The summed E-state index contributed by atoms with van der Waals surface area (Å²) < 4.78 is 0. The van der Waals surface area contributed by atoms with E-state index in [4.69, 9.17) is 0 Å². The molecule has 4 nitrogen and oxygen atoms in total. The van der Waals surface area contributed by atoms with E-state index >= 15 is 0 Å². The number of nitrogens with zero attached hydrogens (tertiary/aromatic N) is 2.